The fourth-order valence-electron chi connectivity index (χ4n) is 2.83. The van der Waals surface area contributed by atoms with E-state index in [0.29, 0.717) is 17.4 Å². The average Bonchev–Trinajstić information content (AvgIpc) is 3.54. The van der Waals surface area contributed by atoms with Crippen LogP contribution < -0.4 is 0 Å². The lowest BCUT2D eigenvalue weighted by Crippen LogP contribution is -2.24. The molecule has 8 heteroatoms. The van der Waals surface area contributed by atoms with Crippen molar-refractivity contribution in [1.29, 1.82) is 0 Å². The molecule has 0 radical (unpaired) electrons. The highest BCUT2D eigenvalue weighted by atomic mass is 35.5. The molecule has 0 bridgehead atoms. The summed E-state index contributed by atoms with van der Waals surface area (Å²) in [5.74, 6) is -0.374. The summed E-state index contributed by atoms with van der Waals surface area (Å²) in [7, 11) is 0. The Balaban J connectivity index is 0.000000177. The maximum Gasteiger partial charge on any atom is 0.341 e. The normalized spacial score (nSPS) is 15.8. The molecule has 0 aromatic carbocycles. The Kier molecular flexibility index (Phi) is 6.68. The topological polar surface area (TPSA) is 89.4 Å². The predicted molar refractivity (Wildman–Crippen MR) is 115 cm³/mol. The first-order chi connectivity index (χ1) is 14.0. The van der Waals surface area contributed by atoms with E-state index in [1.54, 1.807) is 24.5 Å². The zero-order valence-electron chi connectivity index (χ0n) is 17.1. The van der Waals surface area contributed by atoms with Crippen LogP contribution in [0.5, 0.6) is 0 Å². The van der Waals surface area contributed by atoms with Crippen molar-refractivity contribution in [3.8, 4) is 0 Å². The van der Waals surface area contributed by atoms with Crippen molar-refractivity contribution in [2.45, 2.75) is 63.9 Å². The Labute approximate surface area is 185 Å². The minimum Gasteiger partial charge on any atom is -0.478 e. The number of aromatic carboxylic acids is 1. The number of esters is 1. The second-order valence-corrected chi connectivity index (χ2v) is 9.29. The first-order valence-corrected chi connectivity index (χ1v) is 10.6. The van der Waals surface area contributed by atoms with E-state index in [4.69, 9.17) is 33.0 Å². The monoisotopic (exact) mass is 450 g/mol. The quantitative estimate of drug-likeness (QED) is 0.461. The summed E-state index contributed by atoms with van der Waals surface area (Å²) in [6.07, 6.45) is 7.99. The molecule has 30 heavy (non-hydrogen) atoms. The van der Waals surface area contributed by atoms with Gasteiger partial charge in [-0.05, 0) is 81.5 Å². The number of hydrogen-bond donors (Lipinski definition) is 1. The Morgan fingerprint density at radius 1 is 0.933 bits per heavy atom. The standard InChI is InChI=1S/C13H16ClNO2.C9H8ClNO2/c1-13(2,3)17-12(16)10-6-9(8-4-5-8)7-15-11(10)14;10-8-7(9(12)13)3-6(4-11-8)5-1-2-5/h6-8H,4-5H2,1-3H3;3-5H,1-2H2,(H,12,13). The number of ether oxygens (including phenoxy) is 1. The molecule has 2 aliphatic carbocycles. The van der Waals surface area contributed by atoms with Gasteiger partial charge in [0, 0.05) is 12.4 Å². The van der Waals surface area contributed by atoms with E-state index in [1.807, 2.05) is 20.8 Å². The maximum absolute atomic E-state index is 11.9. The van der Waals surface area contributed by atoms with Gasteiger partial charge in [0.2, 0.25) is 0 Å². The molecule has 0 spiro atoms. The molecule has 2 aromatic rings. The second-order valence-electron chi connectivity index (χ2n) is 8.57. The number of carboxylic acid groups (broad SMARTS) is 1. The van der Waals surface area contributed by atoms with E-state index >= 15 is 0 Å². The number of carbonyl (C=O) groups is 2. The van der Waals surface area contributed by atoms with Gasteiger partial charge < -0.3 is 9.84 Å². The fraction of sp³-hybridized carbons (Fsp3) is 0.455. The third kappa shape index (κ3) is 6.16. The summed E-state index contributed by atoms with van der Waals surface area (Å²) in [6, 6.07) is 3.43. The van der Waals surface area contributed by atoms with Crippen LogP contribution in [0.1, 0.15) is 90.1 Å². The summed E-state index contributed by atoms with van der Waals surface area (Å²) in [4.78, 5) is 30.5. The Morgan fingerprint density at radius 3 is 1.77 bits per heavy atom. The van der Waals surface area contributed by atoms with E-state index in [9.17, 15) is 9.59 Å². The van der Waals surface area contributed by atoms with Crippen LogP contribution >= 0.6 is 23.2 Å². The van der Waals surface area contributed by atoms with Gasteiger partial charge in [0.15, 0.2) is 0 Å². The highest BCUT2D eigenvalue weighted by Gasteiger charge is 2.27. The summed E-state index contributed by atoms with van der Waals surface area (Å²) in [6.45, 7) is 5.49. The summed E-state index contributed by atoms with van der Waals surface area (Å²) in [5.41, 5.74) is 2.02. The molecule has 6 nitrogen and oxygen atoms in total. The molecule has 2 aromatic heterocycles. The third-order valence-corrected chi connectivity index (χ3v) is 5.27. The van der Waals surface area contributed by atoms with Crippen molar-refractivity contribution in [1.82, 2.24) is 9.97 Å². The largest absolute Gasteiger partial charge is 0.478 e. The molecule has 2 fully saturated rings. The van der Waals surface area contributed by atoms with Crippen molar-refractivity contribution in [3.05, 3.63) is 57.1 Å². The highest BCUT2D eigenvalue weighted by molar-refractivity contribution is 6.32. The molecular formula is C22H24Cl2N2O4. The lowest BCUT2D eigenvalue weighted by atomic mass is 10.1. The van der Waals surface area contributed by atoms with Gasteiger partial charge in [-0.1, -0.05) is 23.2 Å². The molecule has 2 saturated carbocycles. The zero-order chi connectivity index (χ0) is 22.1. The van der Waals surface area contributed by atoms with E-state index in [0.717, 1.165) is 36.8 Å². The van der Waals surface area contributed by atoms with E-state index in [2.05, 4.69) is 9.97 Å². The first-order valence-electron chi connectivity index (χ1n) is 9.82. The SMILES string of the molecule is CC(C)(C)OC(=O)c1cc(C2CC2)cnc1Cl.O=C(O)c1cc(C2CC2)cnc1Cl. The molecule has 2 aliphatic rings. The van der Waals surface area contributed by atoms with Crippen LogP contribution in [0.4, 0.5) is 0 Å². The van der Waals surface area contributed by atoms with Gasteiger partial charge in [-0.3, -0.25) is 0 Å². The highest BCUT2D eigenvalue weighted by Crippen LogP contribution is 2.41. The number of rotatable bonds is 4. The van der Waals surface area contributed by atoms with Crippen LogP contribution in [0.2, 0.25) is 10.3 Å². The minimum atomic E-state index is -1.01. The molecule has 1 N–H and O–H groups in total. The van der Waals surface area contributed by atoms with Gasteiger partial charge in [0.1, 0.15) is 15.9 Å². The average molecular weight is 451 g/mol. The first kappa shape index (κ1) is 22.5. The van der Waals surface area contributed by atoms with Gasteiger partial charge in [0.25, 0.3) is 0 Å². The predicted octanol–water partition coefficient (Wildman–Crippen LogP) is 5.88. The van der Waals surface area contributed by atoms with Crippen LogP contribution in [0, 0.1) is 0 Å². The lowest BCUT2D eigenvalue weighted by Gasteiger charge is -2.19. The van der Waals surface area contributed by atoms with Crippen molar-refractivity contribution >= 4 is 35.1 Å². The summed E-state index contributed by atoms with van der Waals surface area (Å²) >= 11 is 11.6. The Hall–Kier alpha value is -2.18. The molecule has 0 aliphatic heterocycles. The van der Waals surface area contributed by atoms with Gasteiger partial charge in [-0.15, -0.1) is 0 Å². The number of nitrogens with zero attached hydrogens (tertiary/aromatic N) is 2. The molecule has 160 valence electrons. The van der Waals surface area contributed by atoms with Crippen LogP contribution in [-0.4, -0.2) is 32.6 Å². The number of carboxylic acids is 1. The molecule has 4 rings (SSSR count). The van der Waals surface area contributed by atoms with Crippen molar-refractivity contribution in [3.63, 3.8) is 0 Å². The molecule has 0 saturated heterocycles. The van der Waals surface area contributed by atoms with Gasteiger partial charge in [-0.25, -0.2) is 19.6 Å². The summed E-state index contributed by atoms with van der Waals surface area (Å²) < 4.78 is 5.30. The number of carbonyl (C=O) groups excluding carboxylic acids is 1. The Bertz CT molecular complexity index is 964. The molecule has 0 amide bonds. The Morgan fingerprint density at radius 2 is 1.37 bits per heavy atom. The molecular weight excluding hydrogens is 427 g/mol. The van der Waals surface area contributed by atoms with Crippen molar-refractivity contribution < 1.29 is 19.4 Å². The van der Waals surface area contributed by atoms with Crippen LogP contribution in [0.3, 0.4) is 0 Å². The molecule has 0 unspecified atom stereocenters. The lowest BCUT2D eigenvalue weighted by molar-refractivity contribution is 0.00689. The van der Waals surface area contributed by atoms with Gasteiger partial charge in [-0.2, -0.15) is 0 Å². The van der Waals surface area contributed by atoms with Crippen LogP contribution in [-0.2, 0) is 4.74 Å². The molecule has 2 heterocycles. The fourth-order valence-corrected chi connectivity index (χ4v) is 3.20. The van der Waals surface area contributed by atoms with E-state index in [-0.39, 0.29) is 15.9 Å². The second kappa shape index (κ2) is 8.90. The van der Waals surface area contributed by atoms with E-state index < -0.39 is 17.5 Å². The van der Waals surface area contributed by atoms with Gasteiger partial charge in [0.05, 0.1) is 11.1 Å². The number of hydrogen-bond acceptors (Lipinski definition) is 5. The van der Waals surface area contributed by atoms with Gasteiger partial charge >= 0.3 is 11.9 Å². The minimum absolute atomic E-state index is 0.0666. The van der Waals surface area contributed by atoms with Crippen molar-refractivity contribution in [2.24, 2.45) is 0 Å². The zero-order valence-corrected chi connectivity index (χ0v) is 18.6. The number of halogens is 2. The van der Waals surface area contributed by atoms with Crippen LogP contribution in [0.25, 0.3) is 0 Å². The third-order valence-electron chi connectivity index (χ3n) is 4.67. The van der Waals surface area contributed by atoms with E-state index in [1.165, 1.54) is 0 Å². The maximum atomic E-state index is 11.9. The van der Waals surface area contributed by atoms with Crippen LogP contribution in [0.15, 0.2) is 24.5 Å². The number of pyridine rings is 2. The smallest absolute Gasteiger partial charge is 0.341 e. The van der Waals surface area contributed by atoms with Crippen molar-refractivity contribution in [2.75, 3.05) is 0 Å². The molecule has 0 atom stereocenters. The number of aromatic nitrogens is 2. The summed E-state index contributed by atoms with van der Waals surface area (Å²) in [5, 5.41) is 9.05.